The molecule has 1 heterocycles. The van der Waals surface area contributed by atoms with E-state index in [0.29, 0.717) is 29.1 Å². The van der Waals surface area contributed by atoms with Crippen molar-refractivity contribution in [2.24, 2.45) is 0 Å². The van der Waals surface area contributed by atoms with E-state index in [2.05, 4.69) is 17.2 Å². The summed E-state index contributed by atoms with van der Waals surface area (Å²) in [5.41, 5.74) is 3.89. The molecular weight excluding hydrogens is 432 g/mol. The lowest BCUT2D eigenvalue weighted by Gasteiger charge is -2.06. The van der Waals surface area contributed by atoms with E-state index in [4.69, 9.17) is 9.15 Å². The lowest BCUT2D eigenvalue weighted by atomic mass is 10.1. The SMILES string of the molecule is CCCCNC(=O)c1cccc2nc(-c3ccc(COC(=O)Cc4ccc(O)cc4)cc3)oc12. The van der Waals surface area contributed by atoms with Crippen molar-refractivity contribution in [2.45, 2.75) is 32.8 Å². The van der Waals surface area contributed by atoms with E-state index in [1.807, 2.05) is 30.3 Å². The minimum Gasteiger partial charge on any atom is -0.508 e. The van der Waals surface area contributed by atoms with Crippen LogP contribution in [0.1, 0.15) is 41.3 Å². The first kappa shape index (κ1) is 23.0. The molecule has 4 rings (SSSR count). The maximum absolute atomic E-state index is 12.5. The zero-order valence-electron chi connectivity index (χ0n) is 18.9. The first-order chi connectivity index (χ1) is 16.5. The van der Waals surface area contributed by atoms with Crippen LogP contribution in [0.3, 0.4) is 0 Å². The van der Waals surface area contributed by atoms with Gasteiger partial charge in [-0.15, -0.1) is 0 Å². The average molecular weight is 459 g/mol. The van der Waals surface area contributed by atoms with E-state index in [9.17, 15) is 14.7 Å². The molecule has 34 heavy (non-hydrogen) atoms. The zero-order chi connectivity index (χ0) is 23.9. The fraction of sp³-hybridized carbons (Fsp3) is 0.222. The summed E-state index contributed by atoms with van der Waals surface area (Å²) < 4.78 is 11.3. The molecule has 0 radical (unpaired) electrons. The van der Waals surface area contributed by atoms with Gasteiger partial charge in [-0.3, -0.25) is 9.59 Å². The van der Waals surface area contributed by atoms with Crippen molar-refractivity contribution in [3.8, 4) is 17.2 Å². The van der Waals surface area contributed by atoms with Crippen LogP contribution in [0, 0.1) is 0 Å². The Balaban J connectivity index is 1.40. The highest BCUT2D eigenvalue weighted by atomic mass is 16.5. The molecule has 0 aliphatic heterocycles. The number of fused-ring (bicyclic) bond motifs is 1. The Bertz CT molecular complexity index is 1280. The molecule has 1 aromatic heterocycles. The third kappa shape index (κ3) is 5.61. The fourth-order valence-electron chi connectivity index (χ4n) is 3.46. The first-order valence-corrected chi connectivity index (χ1v) is 11.2. The molecule has 0 unspecified atom stereocenters. The number of carbonyl (C=O) groups excluding carboxylic acids is 2. The van der Waals surface area contributed by atoms with Gasteiger partial charge in [0.1, 0.15) is 17.9 Å². The Morgan fingerprint density at radius 2 is 1.74 bits per heavy atom. The maximum Gasteiger partial charge on any atom is 0.310 e. The van der Waals surface area contributed by atoms with Gasteiger partial charge in [-0.25, -0.2) is 4.98 Å². The van der Waals surface area contributed by atoms with Gasteiger partial charge in [0, 0.05) is 12.1 Å². The molecule has 0 aliphatic carbocycles. The molecule has 0 atom stereocenters. The number of nitrogens with one attached hydrogen (secondary N) is 1. The van der Waals surface area contributed by atoms with E-state index >= 15 is 0 Å². The third-order valence-corrected chi connectivity index (χ3v) is 5.36. The second-order valence-corrected chi connectivity index (χ2v) is 7.98. The van der Waals surface area contributed by atoms with Gasteiger partial charge in [0.2, 0.25) is 5.89 Å². The standard InChI is InChI=1S/C27H26N2O5/c1-2-3-15-28-26(32)22-5-4-6-23-25(22)34-27(29-23)20-11-7-19(8-12-20)17-33-24(31)16-18-9-13-21(30)14-10-18/h4-14,30H,2-3,15-17H2,1H3,(H,28,32). The van der Waals surface area contributed by atoms with Gasteiger partial charge in [-0.05, 0) is 53.9 Å². The highest BCUT2D eigenvalue weighted by molar-refractivity contribution is 6.04. The average Bonchev–Trinajstić information content (AvgIpc) is 3.29. The smallest absolute Gasteiger partial charge is 0.310 e. The quantitative estimate of drug-likeness (QED) is 0.270. The number of esters is 1. The summed E-state index contributed by atoms with van der Waals surface area (Å²) in [6, 6.07) is 19.2. The highest BCUT2D eigenvalue weighted by Gasteiger charge is 2.16. The lowest BCUT2D eigenvalue weighted by molar-refractivity contribution is -0.144. The maximum atomic E-state index is 12.5. The number of para-hydroxylation sites is 1. The summed E-state index contributed by atoms with van der Waals surface area (Å²) >= 11 is 0. The first-order valence-electron chi connectivity index (χ1n) is 11.2. The van der Waals surface area contributed by atoms with Gasteiger partial charge in [0.15, 0.2) is 5.58 Å². The zero-order valence-corrected chi connectivity index (χ0v) is 18.9. The number of amides is 1. The molecule has 7 heteroatoms. The van der Waals surface area contributed by atoms with Crippen LogP contribution in [-0.2, 0) is 22.6 Å². The highest BCUT2D eigenvalue weighted by Crippen LogP contribution is 2.27. The molecule has 7 nitrogen and oxygen atoms in total. The number of hydrogen-bond acceptors (Lipinski definition) is 6. The van der Waals surface area contributed by atoms with Crippen molar-refractivity contribution in [3.63, 3.8) is 0 Å². The summed E-state index contributed by atoms with van der Waals surface area (Å²) in [6.07, 6.45) is 2.06. The van der Waals surface area contributed by atoms with Crippen LogP contribution in [0.2, 0.25) is 0 Å². The number of aromatic nitrogens is 1. The normalized spacial score (nSPS) is 10.9. The molecule has 0 bridgehead atoms. The monoisotopic (exact) mass is 458 g/mol. The fourth-order valence-corrected chi connectivity index (χ4v) is 3.46. The topological polar surface area (TPSA) is 102 Å². The summed E-state index contributed by atoms with van der Waals surface area (Å²) in [5.74, 6) is 0.0481. The summed E-state index contributed by atoms with van der Waals surface area (Å²) in [5, 5.41) is 12.2. The Morgan fingerprint density at radius 3 is 2.47 bits per heavy atom. The molecule has 4 aromatic rings. The van der Waals surface area contributed by atoms with Crippen molar-refractivity contribution >= 4 is 23.0 Å². The van der Waals surface area contributed by atoms with Crippen LogP contribution in [0.4, 0.5) is 0 Å². The van der Waals surface area contributed by atoms with Crippen LogP contribution in [-0.4, -0.2) is 28.5 Å². The molecule has 174 valence electrons. The van der Waals surface area contributed by atoms with Gasteiger partial charge in [-0.2, -0.15) is 0 Å². The molecular formula is C27H26N2O5. The molecule has 1 amide bonds. The summed E-state index contributed by atoms with van der Waals surface area (Å²) in [6.45, 7) is 2.84. The molecule has 0 aliphatic rings. The number of phenols is 1. The van der Waals surface area contributed by atoms with E-state index in [-0.39, 0.29) is 30.7 Å². The number of benzene rings is 3. The number of hydrogen-bond donors (Lipinski definition) is 2. The van der Waals surface area contributed by atoms with Crippen molar-refractivity contribution in [2.75, 3.05) is 6.54 Å². The van der Waals surface area contributed by atoms with Gasteiger partial charge in [-0.1, -0.05) is 43.7 Å². The second-order valence-electron chi connectivity index (χ2n) is 7.98. The number of phenolic OH excluding ortho intramolecular Hbond substituents is 1. The summed E-state index contributed by atoms with van der Waals surface area (Å²) in [7, 11) is 0. The molecule has 2 N–H and O–H groups in total. The van der Waals surface area contributed by atoms with E-state index in [1.54, 1.807) is 24.3 Å². The van der Waals surface area contributed by atoms with Crippen LogP contribution in [0.5, 0.6) is 5.75 Å². The van der Waals surface area contributed by atoms with Gasteiger partial charge in [0.25, 0.3) is 5.91 Å². The third-order valence-electron chi connectivity index (χ3n) is 5.36. The number of ether oxygens (including phenoxy) is 1. The van der Waals surface area contributed by atoms with Crippen LogP contribution >= 0.6 is 0 Å². The van der Waals surface area contributed by atoms with Gasteiger partial charge in [0.05, 0.1) is 12.0 Å². The molecule has 0 saturated carbocycles. The number of rotatable bonds is 9. The van der Waals surface area contributed by atoms with Crippen molar-refractivity contribution in [1.29, 1.82) is 0 Å². The number of carbonyl (C=O) groups is 2. The lowest BCUT2D eigenvalue weighted by Crippen LogP contribution is -2.24. The van der Waals surface area contributed by atoms with Gasteiger partial charge < -0.3 is 19.6 Å². The second kappa shape index (κ2) is 10.7. The number of oxazole rings is 1. The Hall–Kier alpha value is -4.13. The van der Waals surface area contributed by atoms with E-state index in [1.165, 1.54) is 12.1 Å². The van der Waals surface area contributed by atoms with Crippen molar-refractivity contribution < 1.29 is 23.8 Å². The van der Waals surface area contributed by atoms with Crippen molar-refractivity contribution in [3.05, 3.63) is 83.4 Å². The minimum absolute atomic E-state index is 0.135. The predicted octanol–water partition coefficient (Wildman–Crippen LogP) is 5.02. The van der Waals surface area contributed by atoms with E-state index < -0.39 is 0 Å². The van der Waals surface area contributed by atoms with Crippen LogP contribution in [0.25, 0.3) is 22.6 Å². The number of nitrogens with zero attached hydrogens (tertiary/aromatic N) is 1. The predicted molar refractivity (Wildman–Crippen MR) is 128 cm³/mol. The molecule has 0 spiro atoms. The van der Waals surface area contributed by atoms with Crippen LogP contribution in [0.15, 0.2) is 71.1 Å². The number of unbranched alkanes of at least 4 members (excludes halogenated alkanes) is 1. The molecule has 0 saturated heterocycles. The minimum atomic E-state index is -0.349. The van der Waals surface area contributed by atoms with Crippen molar-refractivity contribution in [1.82, 2.24) is 10.3 Å². The number of aromatic hydroxyl groups is 1. The largest absolute Gasteiger partial charge is 0.508 e. The van der Waals surface area contributed by atoms with E-state index in [0.717, 1.165) is 29.5 Å². The Morgan fingerprint density at radius 1 is 1.00 bits per heavy atom. The Labute approximate surface area is 197 Å². The Kier molecular flexibility index (Phi) is 7.22. The molecule has 3 aromatic carbocycles. The van der Waals surface area contributed by atoms with Crippen LogP contribution < -0.4 is 5.32 Å². The summed E-state index contributed by atoms with van der Waals surface area (Å²) in [4.78, 5) is 29.1. The molecule has 0 fully saturated rings. The van der Waals surface area contributed by atoms with Gasteiger partial charge >= 0.3 is 5.97 Å².